The van der Waals surface area contributed by atoms with Crippen LogP contribution in [0.25, 0.3) is 0 Å². The second-order valence-corrected chi connectivity index (χ2v) is 9.82. The average Bonchev–Trinajstić information content (AvgIpc) is 2.99. The van der Waals surface area contributed by atoms with Gasteiger partial charge in [0, 0.05) is 15.2 Å². The Morgan fingerprint density at radius 3 is 2.26 bits per heavy atom. The highest BCUT2D eigenvalue weighted by molar-refractivity contribution is 9.10. The fourth-order valence-electron chi connectivity index (χ4n) is 3.51. The average molecular weight is 650 g/mol. The topological polar surface area (TPSA) is 135 Å². The number of amides is 3. The zero-order chi connectivity index (χ0) is 30.1. The number of benzene rings is 4. The van der Waals surface area contributed by atoms with Crippen LogP contribution in [0.2, 0.25) is 5.02 Å². The normalized spacial score (nSPS) is 10.5. The summed E-state index contributed by atoms with van der Waals surface area (Å²) in [7, 11) is 1.40. The van der Waals surface area contributed by atoms with Gasteiger partial charge in [-0.05, 0) is 84.4 Å². The Morgan fingerprint density at radius 2 is 1.55 bits per heavy atom. The molecule has 4 rings (SSSR count). The quantitative estimate of drug-likeness (QED) is 0.0740. The van der Waals surface area contributed by atoms with Crippen molar-refractivity contribution in [2.75, 3.05) is 17.7 Å². The fourth-order valence-corrected chi connectivity index (χ4v) is 3.90. The van der Waals surface area contributed by atoms with Crippen molar-refractivity contribution in [3.63, 3.8) is 0 Å². The summed E-state index contributed by atoms with van der Waals surface area (Å²) in [5.41, 5.74) is 3.78. The maximum atomic E-state index is 12.8. The van der Waals surface area contributed by atoms with E-state index < -0.39 is 23.7 Å². The standard InChI is InChI=1S/C30H22BrClN4O6/c1-41-26-16-18(6-15-25(26)42-30(40)19-7-11-21(32)12-8-19)17-33-36-29(39)28(38)35-24-5-3-2-4-23(24)27(37)34-22-13-9-20(31)10-14-22/h2-17H,1H3,(H,34,37)(H,35,38)(H,36,39). The highest BCUT2D eigenvalue weighted by atomic mass is 79.9. The van der Waals surface area contributed by atoms with Crippen molar-refractivity contribution in [3.05, 3.63) is 117 Å². The minimum Gasteiger partial charge on any atom is -0.493 e. The first-order chi connectivity index (χ1) is 20.2. The molecule has 0 radical (unpaired) electrons. The molecule has 42 heavy (non-hydrogen) atoms. The van der Waals surface area contributed by atoms with Crippen molar-refractivity contribution in [1.82, 2.24) is 5.43 Å². The Kier molecular flexibility index (Phi) is 10.0. The highest BCUT2D eigenvalue weighted by Crippen LogP contribution is 2.28. The fraction of sp³-hybridized carbons (Fsp3) is 0.0333. The molecule has 212 valence electrons. The lowest BCUT2D eigenvalue weighted by atomic mass is 10.1. The summed E-state index contributed by atoms with van der Waals surface area (Å²) in [6, 6.07) is 24.1. The zero-order valence-corrected chi connectivity index (χ0v) is 24.2. The molecule has 0 aromatic heterocycles. The van der Waals surface area contributed by atoms with E-state index in [0.29, 0.717) is 21.8 Å². The van der Waals surface area contributed by atoms with Crippen molar-refractivity contribution in [3.8, 4) is 11.5 Å². The van der Waals surface area contributed by atoms with Gasteiger partial charge in [0.25, 0.3) is 5.91 Å². The minimum atomic E-state index is -1.06. The van der Waals surface area contributed by atoms with Crippen LogP contribution >= 0.6 is 27.5 Å². The summed E-state index contributed by atoms with van der Waals surface area (Å²) in [6.45, 7) is 0. The Hall–Kier alpha value is -5.00. The van der Waals surface area contributed by atoms with Crippen molar-refractivity contribution < 1.29 is 28.7 Å². The molecule has 3 N–H and O–H groups in total. The maximum absolute atomic E-state index is 12.8. The third kappa shape index (κ3) is 8.03. The number of halogens is 2. The molecule has 0 aliphatic carbocycles. The summed E-state index contributed by atoms with van der Waals surface area (Å²) in [4.78, 5) is 50.1. The zero-order valence-electron chi connectivity index (χ0n) is 21.9. The monoisotopic (exact) mass is 648 g/mol. The number of rotatable bonds is 8. The van der Waals surface area contributed by atoms with E-state index in [9.17, 15) is 19.2 Å². The van der Waals surface area contributed by atoms with Crippen LogP contribution in [-0.4, -0.2) is 37.0 Å². The molecule has 0 aliphatic heterocycles. The van der Waals surface area contributed by atoms with Crippen LogP contribution in [0.4, 0.5) is 11.4 Å². The lowest BCUT2D eigenvalue weighted by molar-refractivity contribution is -0.136. The van der Waals surface area contributed by atoms with Crippen molar-refractivity contribution >= 4 is 68.8 Å². The van der Waals surface area contributed by atoms with Crippen molar-refractivity contribution in [1.29, 1.82) is 0 Å². The van der Waals surface area contributed by atoms with Gasteiger partial charge in [-0.3, -0.25) is 14.4 Å². The summed E-state index contributed by atoms with van der Waals surface area (Å²) < 4.78 is 11.6. The molecule has 0 saturated heterocycles. The molecule has 0 unspecified atom stereocenters. The molecular formula is C30H22BrClN4O6. The highest BCUT2D eigenvalue weighted by Gasteiger charge is 2.18. The predicted molar refractivity (Wildman–Crippen MR) is 162 cm³/mol. The van der Waals surface area contributed by atoms with Gasteiger partial charge in [0.15, 0.2) is 11.5 Å². The Balaban J connectivity index is 1.35. The number of hydrogen-bond donors (Lipinski definition) is 3. The van der Waals surface area contributed by atoms with Gasteiger partial charge in [-0.15, -0.1) is 0 Å². The van der Waals surface area contributed by atoms with Crippen LogP contribution in [0.1, 0.15) is 26.3 Å². The number of methoxy groups -OCH3 is 1. The van der Waals surface area contributed by atoms with Gasteiger partial charge in [-0.1, -0.05) is 39.7 Å². The van der Waals surface area contributed by atoms with Crippen LogP contribution in [0.3, 0.4) is 0 Å². The second-order valence-electron chi connectivity index (χ2n) is 8.47. The molecular weight excluding hydrogens is 628 g/mol. The number of hydrazone groups is 1. The Labute approximate surface area is 253 Å². The third-order valence-corrected chi connectivity index (χ3v) is 6.36. The summed E-state index contributed by atoms with van der Waals surface area (Å²) >= 11 is 9.19. The lowest BCUT2D eigenvalue weighted by Gasteiger charge is -2.11. The van der Waals surface area contributed by atoms with Gasteiger partial charge in [-0.25, -0.2) is 10.2 Å². The maximum Gasteiger partial charge on any atom is 0.343 e. The van der Waals surface area contributed by atoms with Gasteiger partial charge in [-0.2, -0.15) is 5.10 Å². The molecule has 0 saturated carbocycles. The van der Waals surface area contributed by atoms with Crippen LogP contribution in [0.5, 0.6) is 11.5 Å². The number of nitrogens with one attached hydrogen (secondary N) is 3. The van der Waals surface area contributed by atoms with E-state index in [4.69, 9.17) is 21.1 Å². The first-order valence-electron chi connectivity index (χ1n) is 12.2. The first-order valence-corrected chi connectivity index (χ1v) is 13.4. The van der Waals surface area contributed by atoms with Crippen LogP contribution in [0, 0.1) is 0 Å². The number of ether oxygens (including phenoxy) is 2. The third-order valence-electron chi connectivity index (χ3n) is 5.58. The summed E-state index contributed by atoms with van der Waals surface area (Å²) in [5, 5.41) is 9.45. The molecule has 4 aromatic rings. The van der Waals surface area contributed by atoms with E-state index in [0.717, 1.165) is 4.47 Å². The van der Waals surface area contributed by atoms with E-state index in [-0.39, 0.29) is 22.7 Å². The minimum absolute atomic E-state index is 0.143. The van der Waals surface area contributed by atoms with E-state index in [1.165, 1.54) is 49.7 Å². The summed E-state index contributed by atoms with van der Waals surface area (Å²) in [5.74, 6) is -2.75. The number of para-hydroxylation sites is 1. The van der Waals surface area contributed by atoms with E-state index >= 15 is 0 Å². The van der Waals surface area contributed by atoms with E-state index in [2.05, 4.69) is 37.1 Å². The van der Waals surface area contributed by atoms with Gasteiger partial charge < -0.3 is 20.1 Å². The van der Waals surface area contributed by atoms with Crippen LogP contribution in [0.15, 0.2) is 101 Å². The molecule has 0 atom stereocenters. The Morgan fingerprint density at radius 1 is 0.833 bits per heavy atom. The summed E-state index contributed by atoms with van der Waals surface area (Å²) in [6.07, 6.45) is 1.28. The van der Waals surface area contributed by atoms with Crippen LogP contribution < -0.4 is 25.5 Å². The van der Waals surface area contributed by atoms with E-state index in [1.54, 1.807) is 54.6 Å². The molecule has 3 amide bonds. The molecule has 0 bridgehead atoms. The van der Waals surface area contributed by atoms with Crippen molar-refractivity contribution in [2.24, 2.45) is 5.10 Å². The van der Waals surface area contributed by atoms with Gasteiger partial charge >= 0.3 is 17.8 Å². The number of carbonyl (C=O) groups is 4. The number of anilines is 2. The van der Waals surface area contributed by atoms with Gasteiger partial charge in [0.1, 0.15) is 0 Å². The number of esters is 1. The van der Waals surface area contributed by atoms with E-state index in [1.807, 2.05) is 0 Å². The first kappa shape index (κ1) is 30.0. The molecule has 10 nitrogen and oxygen atoms in total. The molecule has 12 heteroatoms. The lowest BCUT2D eigenvalue weighted by Crippen LogP contribution is -2.33. The SMILES string of the molecule is COc1cc(C=NNC(=O)C(=O)Nc2ccccc2C(=O)Nc2ccc(Br)cc2)ccc1OC(=O)c1ccc(Cl)cc1. The Bertz CT molecular complexity index is 1660. The second kappa shape index (κ2) is 14.1. The number of nitrogens with zero attached hydrogens (tertiary/aromatic N) is 1. The molecule has 0 heterocycles. The predicted octanol–water partition coefficient (Wildman–Crippen LogP) is 5.67. The van der Waals surface area contributed by atoms with Gasteiger partial charge in [0.05, 0.1) is 30.1 Å². The molecule has 0 fully saturated rings. The molecule has 4 aromatic carbocycles. The smallest absolute Gasteiger partial charge is 0.343 e. The number of hydrogen-bond acceptors (Lipinski definition) is 7. The van der Waals surface area contributed by atoms with Crippen molar-refractivity contribution in [2.45, 2.75) is 0 Å². The molecule has 0 aliphatic rings. The van der Waals surface area contributed by atoms with Crippen LogP contribution in [-0.2, 0) is 9.59 Å². The molecule has 0 spiro atoms. The number of carbonyl (C=O) groups excluding carboxylic acids is 4. The van der Waals surface area contributed by atoms with Gasteiger partial charge in [0.2, 0.25) is 0 Å². The largest absolute Gasteiger partial charge is 0.493 e.